The molecule has 0 aliphatic heterocycles. The van der Waals surface area contributed by atoms with Crippen LogP contribution in [0.15, 0.2) is 66.8 Å². The van der Waals surface area contributed by atoms with Crippen molar-refractivity contribution in [1.29, 1.82) is 0 Å². The van der Waals surface area contributed by atoms with Gasteiger partial charge in [-0.1, -0.05) is 85.3 Å². The number of rotatable bonds is 3. The molecule has 2 aromatic carbocycles. The Kier molecular flexibility index (Phi) is 10.9. The van der Waals surface area contributed by atoms with Crippen molar-refractivity contribution in [3.63, 3.8) is 0 Å². The molecule has 0 unspecified atom stereocenters. The van der Waals surface area contributed by atoms with Crippen LogP contribution in [0.3, 0.4) is 0 Å². The smallest absolute Gasteiger partial charge is 0.106 e. The van der Waals surface area contributed by atoms with Gasteiger partial charge in [-0.3, -0.25) is 0 Å². The summed E-state index contributed by atoms with van der Waals surface area (Å²) < 4.78 is 0. The Morgan fingerprint density at radius 1 is 1.00 bits per heavy atom. The lowest BCUT2D eigenvalue weighted by molar-refractivity contribution is -0.0979. The van der Waals surface area contributed by atoms with Gasteiger partial charge in [0.15, 0.2) is 0 Å². The summed E-state index contributed by atoms with van der Waals surface area (Å²) in [4.78, 5) is 8.00. The molecule has 0 spiro atoms. The van der Waals surface area contributed by atoms with E-state index in [1.165, 1.54) is 22.3 Å². The molecule has 0 saturated heterocycles. The second kappa shape index (κ2) is 12.2. The van der Waals surface area contributed by atoms with Gasteiger partial charge in [0.25, 0.3) is 0 Å². The van der Waals surface area contributed by atoms with Crippen LogP contribution in [-0.2, 0) is 11.2 Å². The van der Waals surface area contributed by atoms with Crippen molar-refractivity contribution in [2.75, 3.05) is 0 Å². The molecule has 2 aromatic rings. The molecule has 0 aliphatic rings. The van der Waals surface area contributed by atoms with Gasteiger partial charge in [0.2, 0.25) is 0 Å². The van der Waals surface area contributed by atoms with Crippen molar-refractivity contribution >= 4 is 12.9 Å². The number of benzene rings is 2. The van der Waals surface area contributed by atoms with Gasteiger partial charge in [-0.2, -0.15) is 0 Å². The summed E-state index contributed by atoms with van der Waals surface area (Å²) in [5.41, 5.74) is 6.40. The average Bonchev–Trinajstić information content (AvgIpc) is 2.57. The molecule has 2 rings (SSSR count). The minimum Gasteiger partial charge on any atom is -0.307 e. The zero-order valence-corrected chi connectivity index (χ0v) is 14.8. The van der Waals surface area contributed by atoms with Crippen LogP contribution in [0.4, 0.5) is 0 Å². The largest absolute Gasteiger partial charge is 0.307 e. The van der Waals surface area contributed by atoms with E-state index in [1.807, 2.05) is 31.9 Å². The number of carbonyl (C=O) groups excluding carboxylic acids is 1. The van der Waals surface area contributed by atoms with Crippen molar-refractivity contribution in [3.05, 3.63) is 89.0 Å². The maximum absolute atomic E-state index is 8.00. The summed E-state index contributed by atoms with van der Waals surface area (Å²) in [6, 6.07) is 17.0. The number of allylic oxidation sites excluding steroid dienone is 2. The second-order valence-electron chi connectivity index (χ2n) is 5.38. The first-order chi connectivity index (χ1) is 11.0. The first-order valence-corrected chi connectivity index (χ1v) is 7.76. The molecule has 1 heteroatoms. The zero-order valence-electron chi connectivity index (χ0n) is 14.8. The van der Waals surface area contributed by atoms with Crippen molar-refractivity contribution < 1.29 is 4.79 Å². The summed E-state index contributed by atoms with van der Waals surface area (Å²) in [6.07, 6.45) is 5.26. The summed E-state index contributed by atoms with van der Waals surface area (Å²) in [5, 5.41) is 0. The minimum absolute atomic E-state index is 1.08. The third-order valence-corrected chi connectivity index (χ3v) is 3.26. The summed E-state index contributed by atoms with van der Waals surface area (Å²) >= 11 is 0. The van der Waals surface area contributed by atoms with Gasteiger partial charge < -0.3 is 4.79 Å². The molecule has 0 saturated carbocycles. The molecule has 1 nitrogen and oxygen atoms in total. The van der Waals surface area contributed by atoms with E-state index in [4.69, 9.17) is 4.79 Å². The van der Waals surface area contributed by atoms with E-state index in [-0.39, 0.29) is 0 Å². The number of aryl methyl sites for hydroxylation is 3. The molecule has 23 heavy (non-hydrogen) atoms. The van der Waals surface area contributed by atoms with E-state index >= 15 is 0 Å². The number of hydrogen-bond donors (Lipinski definition) is 0. The molecular formula is C22H28O. The van der Waals surface area contributed by atoms with Gasteiger partial charge in [0.1, 0.15) is 6.79 Å². The summed E-state index contributed by atoms with van der Waals surface area (Å²) in [7, 11) is 0. The van der Waals surface area contributed by atoms with Crippen LogP contribution in [0.1, 0.15) is 36.1 Å². The van der Waals surface area contributed by atoms with Crippen molar-refractivity contribution in [2.45, 2.75) is 34.1 Å². The van der Waals surface area contributed by atoms with Crippen molar-refractivity contribution in [1.82, 2.24) is 0 Å². The van der Waals surface area contributed by atoms with E-state index in [0.29, 0.717) is 0 Å². The van der Waals surface area contributed by atoms with Gasteiger partial charge in [-0.15, -0.1) is 0 Å². The fourth-order valence-electron chi connectivity index (χ4n) is 1.83. The SMILES string of the molecule is C=C(C)/C=C\c1ccccc1C.C=O.CCc1ccc(C)cc1. The van der Waals surface area contributed by atoms with Gasteiger partial charge in [0, 0.05) is 0 Å². The quantitative estimate of drug-likeness (QED) is 0.640. The van der Waals surface area contributed by atoms with Gasteiger partial charge in [0.05, 0.1) is 0 Å². The Morgan fingerprint density at radius 2 is 1.57 bits per heavy atom. The summed E-state index contributed by atoms with van der Waals surface area (Å²) in [5.74, 6) is 0. The minimum atomic E-state index is 1.08. The van der Waals surface area contributed by atoms with Crippen molar-refractivity contribution in [2.24, 2.45) is 0 Å². The predicted molar refractivity (Wildman–Crippen MR) is 103 cm³/mol. The van der Waals surface area contributed by atoms with Crippen molar-refractivity contribution in [3.8, 4) is 0 Å². The molecule has 0 aromatic heterocycles. The van der Waals surface area contributed by atoms with Gasteiger partial charge in [-0.25, -0.2) is 0 Å². The molecule has 0 fully saturated rings. The molecule has 0 N–H and O–H groups in total. The highest BCUT2D eigenvalue weighted by Gasteiger charge is 1.89. The lowest BCUT2D eigenvalue weighted by Crippen LogP contribution is -1.77. The molecular weight excluding hydrogens is 280 g/mol. The highest BCUT2D eigenvalue weighted by atomic mass is 16.1. The van der Waals surface area contributed by atoms with E-state index in [0.717, 1.165) is 12.0 Å². The van der Waals surface area contributed by atoms with E-state index in [2.05, 4.69) is 69.8 Å². The lowest BCUT2D eigenvalue weighted by Gasteiger charge is -1.97. The Hall–Kier alpha value is -2.41. The van der Waals surface area contributed by atoms with Crippen LogP contribution >= 0.6 is 0 Å². The fraction of sp³-hybridized carbons (Fsp3) is 0.227. The Bertz CT molecular complexity index is 606. The third kappa shape index (κ3) is 9.26. The average molecular weight is 308 g/mol. The van der Waals surface area contributed by atoms with Crippen LogP contribution < -0.4 is 0 Å². The zero-order chi connectivity index (χ0) is 17.7. The number of hydrogen-bond acceptors (Lipinski definition) is 1. The topological polar surface area (TPSA) is 17.1 Å². The summed E-state index contributed by atoms with van der Waals surface area (Å²) in [6.45, 7) is 14.2. The van der Waals surface area contributed by atoms with E-state index < -0.39 is 0 Å². The van der Waals surface area contributed by atoms with Crippen LogP contribution in [0.2, 0.25) is 0 Å². The predicted octanol–water partition coefficient (Wildman–Crippen LogP) is 5.96. The highest BCUT2D eigenvalue weighted by molar-refractivity contribution is 5.55. The molecule has 0 atom stereocenters. The maximum Gasteiger partial charge on any atom is 0.106 e. The normalized spacial score (nSPS) is 9.39. The molecule has 0 radical (unpaired) electrons. The number of carbonyl (C=O) groups is 1. The molecule has 0 amide bonds. The molecule has 122 valence electrons. The van der Waals surface area contributed by atoms with E-state index in [9.17, 15) is 0 Å². The lowest BCUT2D eigenvalue weighted by atomic mass is 10.1. The third-order valence-electron chi connectivity index (χ3n) is 3.26. The van der Waals surface area contributed by atoms with Crippen LogP contribution in [0, 0.1) is 13.8 Å². The highest BCUT2D eigenvalue weighted by Crippen LogP contribution is 2.09. The molecule has 0 heterocycles. The molecule has 0 aliphatic carbocycles. The molecule has 0 bridgehead atoms. The Labute approximate surface area is 141 Å². The van der Waals surface area contributed by atoms with Gasteiger partial charge >= 0.3 is 0 Å². The van der Waals surface area contributed by atoms with Crippen LogP contribution in [0.5, 0.6) is 0 Å². The second-order valence-corrected chi connectivity index (χ2v) is 5.38. The monoisotopic (exact) mass is 308 g/mol. The maximum atomic E-state index is 8.00. The standard InChI is InChI=1S/C12H14.C9H12.CH2O/c1-10(2)8-9-12-7-5-4-6-11(12)3;1-3-9-6-4-8(2)5-7-9;1-2/h4-9H,1H2,2-3H3;4-7H,3H2,1-2H3;1H2/b9-8-;;. The first kappa shape index (κ1) is 20.6. The van der Waals surface area contributed by atoms with E-state index in [1.54, 1.807) is 0 Å². The Morgan fingerprint density at radius 3 is 2.04 bits per heavy atom. The van der Waals surface area contributed by atoms with Crippen LogP contribution in [0.25, 0.3) is 6.08 Å². The fourth-order valence-corrected chi connectivity index (χ4v) is 1.83. The van der Waals surface area contributed by atoms with Crippen LogP contribution in [-0.4, -0.2) is 6.79 Å². The Balaban J connectivity index is 0.000000392. The first-order valence-electron chi connectivity index (χ1n) is 7.76. The van der Waals surface area contributed by atoms with Gasteiger partial charge in [-0.05, 0) is 43.9 Å².